The molecule has 1 aromatic rings. The number of para-hydroxylation sites is 1. The minimum Gasteiger partial charge on any atom is -0.444 e. The zero-order valence-corrected chi connectivity index (χ0v) is 21.1. The summed E-state index contributed by atoms with van der Waals surface area (Å²) in [7, 11) is 0. The Hall–Kier alpha value is -2.44. The predicted molar refractivity (Wildman–Crippen MR) is 130 cm³/mol. The minimum absolute atomic E-state index is 0.0240. The molecule has 0 spiro atoms. The van der Waals surface area contributed by atoms with Gasteiger partial charge in [-0.05, 0) is 85.3 Å². The molecule has 0 bridgehead atoms. The number of carbonyl (C=O) groups excluding carboxylic acids is 2. The van der Waals surface area contributed by atoms with Crippen LogP contribution in [0, 0.1) is 5.92 Å². The van der Waals surface area contributed by atoms with E-state index < -0.39 is 11.2 Å². The van der Waals surface area contributed by atoms with E-state index in [1.54, 1.807) is 0 Å². The summed E-state index contributed by atoms with van der Waals surface area (Å²) in [5, 5.41) is 6.59. The largest absolute Gasteiger partial charge is 0.444 e. The number of rotatable bonds is 5. The predicted octanol–water partition coefficient (Wildman–Crippen LogP) is 5.86. The van der Waals surface area contributed by atoms with Gasteiger partial charge in [0.25, 0.3) is 0 Å². The number of benzene rings is 1. The van der Waals surface area contributed by atoms with Crippen LogP contribution in [-0.2, 0) is 9.47 Å². The van der Waals surface area contributed by atoms with Crippen molar-refractivity contribution in [2.24, 2.45) is 5.92 Å². The normalized spacial score (nSPS) is 22.5. The molecule has 0 aromatic heterocycles. The number of fused-ring (bicyclic) bond motifs is 3. The standard InChI is InChI=1S/C26H41N3O4/c1-25(2,3)32-23(30)27-16-10-9-15-21-19-13-11-17-29(24(31)33-26(4,5)6)22(19)18-12-7-8-14-20(18)28-21/h7-8,12,14,19,21-22,28H,9-11,13,15-17H2,1-6H3,(H,27,30)/t19-,21-,22+/m0/s1. The number of unbranched alkanes of at least 4 members (excludes halogenated alkanes) is 1. The van der Waals surface area contributed by atoms with Crippen LogP contribution >= 0.6 is 0 Å². The van der Waals surface area contributed by atoms with Crippen LogP contribution in [-0.4, -0.2) is 47.4 Å². The zero-order valence-electron chi connectivity index (χ0n) is 21.1. The van der Waals surface area contributed by atoms with E-state index in [4.69, 9.17) is 9.47 Å². The number of alkyl carbamates (subject to hydrolysis) is 1. The molecule has 2 N–H and O–H groups in total. The molecule has 2 aliphatic rings. The molecule has 1 saturated heterocycles. The van der Waals surface area contributed by atoms with Gasteiger partial charge in [-0.1, -0.05) is 18.2 Å². The molecule has 0 saturated carbocycles. The number of piperidine rings is 1. The molecule has 3 rings (SSSR count). The van der Waals surface area contributed by atoms with Gasteiger partial charge in [-0.3, -0.25) is 0 Å². The van der Waals surface area contributed by atoms with Gasteiger partial charge in [0.2, 0.25) is 0 Å². The molecule has 2 aliphatic heterocycles. The van der Waals surface area contributed by atoms with E-state index in [1.807, 2.05) is 58.6 Å². The lowest BCUT2D eigenvalue weighted by atomic mass is 9.75. The summed E-state index contributed by atoms with van der Waals surface area (Å²) in [4.78, 5) is 26.9. The highest BCUT2D eigenvalue weighted by Gasteiger charge is 2.44. The maximum atomic E-state index is 13.1. The van der Waals surface area contributed by atoms with Gasteiger partial charge in [-0.15, -0.1) is 0 Å². The van der Waals surface area contributed by atoms with Crippen LogP contribution in [0.2, 0.25) is 0 Å². The van der Waals surface area contributed by atoms with Crippen LogP contribution < -0.4 is 10.6 Å². The van der Waals surface area contributed by atoms with Gasteiger partial charge in [0, 0.05) is 30.7 Å². The third-order valence-corrected chi connectivity index (χ3v) is 6.05. The van der Waals surface area contributed by atoms with E-state index in [2.05, 4.69) is 22.8 Å². The molecule has 7 heteroatoms. The highest BCUT2D eigenvalue weighted by atomic mass is 16.6. The maximum Gasteiger partial charge on any atom is 0.410 e. The summed E-state index contributed by atoms with van der Waals surface area (Å²) in [6.45, 7) is 12.6. The number of anilines is 1. The molecular formula is C26H41N3O4. The van der Waals surface area contributed by atoms with Gasteiger partial charge < -0.3 is 25.0 Å². The van der Waals surface area contributed by atoms with Gasteiger partial charge in [0.15, 0.2) is 0 Å². The van der Waals surface area contributed by atoms with Crippen LogP contribution in [0.25, 0.3) is 0 Å². The van der Waals surface area contributed by atoms with Gasteiger partial charge in [-0.2, -0.15) is 0 Å². The van der Waals surface area contributed by atoms with E-state index in [9.17, 15) is 9.59 Å². The zero-order chi connectivity index (χ0) is 24.2. The quantitative estimate of drug-likeness (QED) is 0.539. The number of hydrogen-bond acceptors (Lipinski definition) is 5. The fourth-order valence-corrected chi connectivity index (χ4v) is 4.84. The van der Waals surface area contributed by atoms with Crippen molar-refractivity contribution in [2.75, 3.05) is 18.4 Å². The molecule has 33 heavy (non-hydrogen) atoms. The number of ether oxygens (including phenoxy) is 2. The van der Waals surface area contributed by atoms with E-state index in [0.29, 0.717) is 12.5 Å². The lowest BCUT2D eigenvalue weighted by molar-refractivity contribution is -0.00403. The first-order chi connectivity index (χ1) is 15.4. The smallest absolute Gasteiger partial charge is 0.410 e. The molecule has 0 unspecified atom stereocenters. The lowest BCUT2D eigenvalue weighted by Crippen LogP contribution is -2.51. The molecular weight excluding hydrogens is 418 g/mol. The second kappa shape index (κ2) is 10.2. The summed E-state index contributed by atoms with van der Waals surface area (Å²) in [6.07, 6.45) is 4.29. The van der Waals surface area contributed by atoms with Crippen LogP contribution in [0.3, 0.4) is 0 Å². The van der Waals surface area contributed by atoms with Crippen molar-refractivity contribution in [3.05, 3.63) is 29.8 Å². The number of nitrogens with zero attached hydrogens (tertiary/aromatic N) is 1. The first-order valence-electron chi connectivity index (χ1n) is 12.3. The molecule has 184 valence electrons. The molecule has 2 heterocycles. The fourth-order valence-electron chi connectivity index (χ4n) is 4.84. The summed E-state index contributed by atoms with van der Waals surface area (Å²) < 4.78 is 11.1. The second-order valence-electron chi connectivity index (χ2n) is 11.2. The topological polar surface area (TPSA) is 79.9 Å². The van der Waals surface area contributed by atoms with Gasteiger partial charge >= 0.3 is 12.2 Å². The molecule has 0 radical (unpaired) electrons. The highest BCUT2D eigenvalue weighted by Crippen LogP contribution is 2.46. The van der Waals surface area contributed by atoms with E-state index in [0.717, 1.165) is 44.3 Å². The average Bonchev–Trinajstić information content (AvgIpc) is 2.70. The number of hydrogen-bond donors (Lipinski definition) is 2. The average molecular weight is 460 g/mol. The van der Waals surface area contributed by atoms with Crippen molar-refractivity contribution in [3.63, 3.8) is 0 Å². The molecule has 3 atom stereocenters. The Bertz CT molecular complexity index is 828. The van der Waals surface area contributed by atoms with Crippen LogP contribution in [0.5, 0.6) is 0 Å². The van der Waals surface area contributed by atoms with Crippen LogP contribution in [0.1, 0.15) is 85.3 Å². The Labute approximate surface area is 198 Å². The summed E-state index contributed by atoms with van der Waals surface area (Å²) in [5.41, 5.74) is 1.28. The molecule has 1 aromatic carbocycles. The second-order valence-corrected chi connectivity index (χ2v) is 11.2. The lowest BCUT2D eigenvalue weighted by Gasteiger charge is -2.49. The molecule has 0 aliphatic carbocycles. The van der Waals surface area contributed by atoms with Gasteiger partial charge in [0.1, 0.15) is 11.2 Å². The summed E-state index contributed by atoms with van der Waals surface area (Å²) in [6, 6.07) is 8.61. The third kappa shape index (κ3) is 7.02. The third-order valence-electron chi connectivity index (χ3n) is 6.05. The summed E-state index contributed by atoms with van der Waals surface area (Å²) >= 11 is 0. The van der Waals surface area contributed by atoms with Crippen molar-refractivity contribution in [1.29, 1.82) is 0 Å². The molecule has 7 nitrogen and oxygen atoms in total. The van der Waals surface area contributed by atoms with E-state index in [1.165, 1.54) is 5.56 Å². The van der Waals surface area contributed by atoms with Crippen molar-refractivity contribution in [2.45, 2.75) is 96.9 Å². The van der Waals surface area contributed by atoms with Crippen molar-refractivity contribution >= 4 is 17.9 Å². The van der Waals surface area contributed by atoms with E-state index in [-0.39, 0.29) is 24.3 Å². The van der Waals surface area contributed by atoms with E-state index >= 15 is 0 Å². The Morgan fingerprint density at radius 3 is 2.45 bits per heavy atom. The Morgan fingerprint density at radius 2 is 1.76 bits per heavy atom. The minimum atomic E-state index is -0.517. The summed E-state index contributed by atoms with van der Waals surface area (Å²) in [5.74, 6) is 0.333. The van der Waals surface area contributed by atoms with Crippen molar-refractivity contribution in [1.82, 2.24) is 10.2 Å². The SMILES string of the molecule is CC(C)(C)OC(=O)NCCCC[C@@H]1Nc2ccccc2[C@@H]2[C@H]1CCCN2C(=O)OC(C)(C)C. The molecule has 2 amide bonds. The van der Waals surface area contributed by atoms with Crippen LogP contribution in [0.15, 0.2) is 24.3 Å². The number of nitrogens with one attached hydrogen (secondary N) is 2. The van der Waals surface area contributed by atoms with Crippen LogP contribution in [0.4, 0.5) is 15.3 Å². The maximum absolute atomic E-state index is 13.1. The Kier molecular flexibility index (Phi) is 7.80. The van der Waals surface area contributed by atoms with Gasteiger partial charge in [-0.25, -0.2) is 9.59 Å². The highest BCUT2D eigenvalue weighted by molar-refractivity contribution is 5.70. The Morgan fingerprint density at radius 1 is 1.06 bits per heavy atom. The Balaban J connectivity index is 1.64. The number of likely N-dealkylation sites (tertiary alicyclic amines) is 1. The molecule has 1 fully saturated rings. The van der Waals surface area contributed by atoms with Crippen molar-refractivity contribution in [3.8, 4) is 0 Å². The monoisotopic (exact) mass is 459 g/mol. The first-order valence-corrected chi connectivity index (χ1v) is 12.3. The number of carbonyl (C=O) groups is 2. The van der Waals surface area contributed by atoms with Gasteiger partial charge in [0.05, 0.1) is 6.04 Å². The van der Waals surface area contributed by atoms with Crippen molar-refractivity contribution < 1.29 is 19.1 Å². The number of amides is 2. The first kappa shape index (κ1) is 25.2. The fraction of sp³-hybridized carbons (Fsp3) is 0.692.